The number of amides is 2. The third kappa shape index (κ3) is 3.25. The summed E-state index contributed by atoms with van der Waals surface area (Å²) in [6, 6.07) is 0.614. The molecular formula is C13H16N4O4S. The third-order valence-electron chi connectivity index (χ3n) is 2.82. The third-order valence-corrected chi connectivity index (χ3v) is 3.23. The topological polar surface area (TPSA) is 101 Å². The highest BCUT2D eigenvalue weighted by Crippen LogP contribution is 2.23. The maximum atomic E-state index is 12.2. The molecular weight excluding hydrogens is 308 g/mol. The van der Waals surface area contributed by atoms with Gasteiger partial charge < -0.3 is 14.1 Å². The van der Waals surface area contributed by atoms with Crippen molar-refractivity contribution in [3.8, 4) is 0 Å². The van der Waals surface area contributed by atoms with E-state index in [0.717, 1.165) is 10.6 Å². The molecule has 0 unspecified atom stereocenters. The normalized spacial score (nSPS) is 11.3. The van der Waals surface area contributed by atoms with Crippen molar-refractivity contribution < 1.29 is 19.1 Å². The minimum atomic E-state index is -1.23. The lowest BCUT2D eigenvalue weighted by Gasteiger charge is -2.24. The van der Waals surface area contributed by atoms with Crippen molar-refractivity contribution in [1.29, 1.82) is 0 Å². The Morgan fingerprint density at radius 3 is 2.68 bits per heavy atom. The van der Waals surface area contributed by atoms with Crippen LogP contribution >= 0.6 is 12.8 Å². The van der Waals surface area contributed by atoms with Crippen LogP contribution in [0.15, 0.2) is 29.1 Å². The summed E-state index contributed by atoms with van der Waals surface area (Å²) in [6.07, 6.45) is 4.45. The van der Waals surface area contributed by atoms with Gasteiger partial charge in [0.05, 0.1) is 5.69 Å². The molecule has 2 amide bonds. The van der Waals surface area contributed by atoms with Crippen LogP contribution in [0.1, 0.15) is 31.3 Å². The lowest BCUT2D eigenvalue weighted by Crippen LogP contribution is -2.30. The van der Waals surface area contributed by atoms with Crippen molar-refractivity contribution in [3.63, 3.8) is 0 Å². The van der Waals surface area contributed by atoms with Crippen molar-refractivity contribution in [1.82, 2.24) is 9.55 Å². The molecule has 2 N–H and O–H groups in total. The van der Waals surface area contributed by atoms with Gasteiger partial charge in [-0.25, -0.2) is 18.9 Å². The van der Waals surface area contributed by atoms with Gasteiger partial charge in [0.2, 0.25) is 11.7 Å². The van der Waals surface area contributed by atoms with E-state index in [0.29, 0.717) is 5.95 Å². The zero-order valence-corrected chi connectivity index (χ0v) is 13.2. The number of carbonyl (C=O) groups is 2. The Kier molecular flexibility index (Phi) is 4.18. The number of carboxylic acids is 1. The number of hydrogen-bond donors (Lipinski definition) is 3. The van der Waals surface area contributed by atoms with Crippen molar-refractivity contribution in [2.45, 2.75) is 26.3 Å². The zero-order valence-electron chi connectivity index (χ0n) is 12.3. The monoisotopic (exact) mass is 324 g/mol. The predicted octanol–water partition coefficient (Wildman–Crippen LogP) is 2.81. The Bertz CT molecular complexity index is 701. The summed E-state index contributed by atoms with van der Waals surface area (Å²) >= 11 is 4.05. The van der Waals surface area contributed by atoms with Gasteiger partial charge in [-0.05, 0) is 20.8 Å². The molecule has 0 bridgehead atoms. The first-order valence-corrected chi connectivity index (χ1v) is 6.76. The van der Waals surface area contributed by atoms with Gasteiger partial charge >= 0.3 is 12.0 Å². The largest absolute Gasteiger partial charge is 0.475 e. The number of aromatic nitrogens is 2. The highest BCUT2D eigenvalue weighted by atomic mass is 32.1. The van der Waals surface area contributed by atoms with Gasteiger partial charge in [0, 0.05) is 24.0 Å². The van der Waals surface area contributed by atoms with Crippen LogP contribution in [0.2, 0.25) is 0 Å². The van der Waals surface area contributed by atoms with Crippen LogP contribution in [0.25, 0.3) is 0 Å². The lowest BCUT2D eigenvalue weighted by molar-refractivity contribution is 0.0662. The van der Waals surface area contributed by atoms with E-state index < -0.39 is 12.0 Å². The van der Waals surface area contributed by atoms with Crippen LogP contribution in [-0.2, 0) is 5.54 Å². The summed E-state index contributed by atoms with van der Waals surface area (Å²) in [5.74, 6) is -1.15. The van der Waals surface area contributed by atoms with Gasteiger partial charge in [0.25, 0.3) is 0 Å². The molecule has 9 heteroatoms. The van der Waals surface area contributed by atoms with E-state index in [9.17, 15) is 9.59 Å². The van der Waals surface area contributed by atoms with Crippen molar-refractivity contribution >= 4 is 36.5 Å². The smallest absolute Gasteiger partial charge is 0.371 e. The Labute approximate surface area is 132 Å². The first kappa shape index (κ1) is 16.0. The molecule has 0 saturated carbocycles. The van der Waals surface area contributed by atoms with Crippen molar-refractivity contribution in [3.05, 3.63) is 30.5 Å². The van der Waals surface area contributed by atoms with Crippen LogP contribution < -0.4 is 9.62 Å². The summed E-state index contributed by atoms with van der Waals surface area (Å²) in [5.41, 5.74) is -0.0563. The highest BCUT2D eigenvalue weighted by Gasteiger charge is 2.22. The molecule has 0 aliphatic heterocycles. The second-order valence-corrected chi connectivity index (χ2v) is 5.91. The average Bonchev–Trinajstić information content (AvgIpc) is 3.05. The van der Waals surface area contributed by atoms with Crippen molar-refractivity contribution in [2.75, 3.05) is 9.62 Å². The standard InChI is InChI=1S/C13H16N4O4S/c1-13(2,3)16-5-4-14-11(16)15-12(20)17(22)8-6-9(10(18)19)21-7-8/h4-7,22H,1-3H3,(H,18,19)(H,14,15,20). The van der Waals surface area contributed by atoms with E-state index in [1.807, 2.05) is 20.8 Å². The minimum absolute atomic E-state index is 0.201. The van der Waals surface area contributed by atoms with Gasteiger partial charge in [-0.3, -0.25) is 5.32 Å². The van der Waals surface area contributed by atoms with E-state index in [4.69, 9.17) is 9.52 Å². The van der Waals surface area contributed by atoms with Gasteiger partial charge in [-0.2, -0.15) is 0 Å². The Balaban J connectivity index is 2.15. The number of carbonyl (C=O) groups excluding carboxylic acids is 1. The first-order valence-electron chi connectivity index (χ1n) is 6.36. The SMILES string of the molecule is CC(C)(C)n1ccnc1NC(=O)N(S)c1coc(C(=O)O)c1. The summed E-state index contributed by atoms with van der Waals surface area (Å²) in [6.45, 7) is 5.91. The maximum Gasteiger partial charge on any atom is 0.371 e. The average molecular weight is 324 g/mol. The number of imidazole rings is 1. The van der Waals surface area contributed by atoms with Crippen LogP contribution in [0.4, 0.5) is 16.4 Å². The quantitative estimate of drug-likeness (QED) is 0.754. The molecule has 0 aliphatic rings. The van der Waals surface area contributed by atoms with Crippen LogP contribution in [0.5, 0.6) is 0 Å². The number of hydrogen-bond acceptors (Lipinski definition) is 5. The van der Waals surface area contributed by atoms with E-state index in [2.05, 4.69) is 23.1 Å². The molecule has 0 radical (unpaired) electrons. The molecule has 2 aromatic rings. The molecule has 0 aromatic carbocycles. The second-order valence-electron chi connectivity index (χ2n) is 5.51. The number of rotatable bonds is 3. The van der Waals surface area contributed by atoms with Crippen LogP contribution in [0.3, 0.4) is 0 Å². The number of thiol groups is 1. The van der Waals surface area contributed by atoms with Crippen LogP contribution in [0, 0.1) is 0 Å². The first-order chi connectivity index (χ1) is 10.2. The molecule has 0 fully saturated rings. The Morgan fingerprint density at radius 1 is 1.45 bits per heavy atom. The van der Waals surface area contributed by atoms with Gasteiger partial charge in [-0.1, -0.05) is 12.8 Å². The number of nitrogens with one attached hydrogen (secondary N) is 1. The van der Waals surface area contributed by atoms with E-state index in [1.54, 1.807) is 17.0 Å². The number of aromatic carboxylic acids is 1. The molecule has 0 saturated heterocycles. The summed E-state index contributed by atoms with van der Waals surface area (Å²) < 4.78 is 7.56. The van der Waals surface area contributed by atoms with E-state index >= 15 is 0 Å². The second kappa shape index (κ2) is 5.76. The lowest BCUT2D eigenvalue weighted by atomic mass is 10.1. The molecule has 22 heavy (non-hydrogen) atoms. The summed E-state index contributed by atoms with van der Waals surface area (Å²) in [4.78, 5) is 27.0. The van der Waals surface area contributed by atoms with E-state index in [-0.39, 0.29) is 17.0 Å². The fourth-order valence-corrected chi connectivity index (χ4v) is 1.91. The Morgan fingerprint density at radius 2 is 2.14 bits per heavy atom. The van der Waals surface area contributed by atoms with E-state index in [1.165, 1.54) is 6.07 Å². The van der Waals surface area contributed by atoms with Gasteiger partial charge in [0.15, 0.2) is 0 Å². The molecule has 8 nitrogen and oxygen atoms in total. The van der Waals surface area contributed by atoms with Gasteiger partial charge in [0.1, 0.15) is 6.26 Å². The zero-order chi connectivity index (χ0) is 16.5. The number of furan rings is 1. The molecule has 0 aliphatic carbocycles. The summed E-state index contributed by atoms with van der Waals surface area (Å²) in [5, 5.41) is 11.4. The summed E-state index contributed by atoms with van der Waals surface area (Å²) in [7, 11) is 0. The number of urea groups is 1. The molecule has 2 aromatic heterocycles. The maximum absolute atomic E-state index is 12.2. The fourth-order valence-electron chi connectivity index (χ4n) is 1.75. The molecule has 0 spiro atoms. The minimum Gasteiger partial charge on any atom is -0.475 e. The molecule has 2 rings (SSSR count). The number of nitrogens with zero attached hydrogens (tertiary/aromatic N) is 3. The molecule has 0 atom stereocenters. The fraction of sp³-hybridized carbons (Fsp3) is 0.308. The predicted molar refractivity (Wildman–Crippen MR) is 83.4 cm³/mol. The Hall–Kier alpha value is -2.42. The van der Waals surface area contributed by atoms with Crippen molar-refractivity contribution in [2.24, 2.45) is 0 Å². The highest BCUT2D eigenvalue weighted by molar-refractivity contribution is 7.82. The molecule has 118 valence electrons. The number of carboxylic acid groups (broad SMARTS) is 1. The van der Waals surface area contributed by atoms with Crippen LogP contribution in [-0.4, -0.2) is 26.7 Å². The molecule has 2 heterocycles. The van der Waals surface area contributed by atoms with Gasteiger partial charge in [-0.15, -0.1) is 0 Å². The number of anilines is 2.